The Kier molecular flexibility index (Phi) is 5.78. The minimum atomic E-state index is -4.23. The Morgan fingerprint density at radius 3 is 2.85 bits per heavy atom. The first kappa shape index (κ1) is 16.3. The van der Waals surface area contributed by atoms with Crippen LogP contribution in [0.15, 0.2) is 36.0 Å². The van der Waals surface area contributed by atoms with Gasteiger partial charge in [-0.15, -0.1) is 6.58 Å². The fourth-order valence-electron chi connectivity index (χ4n) is 1.43. The van der Waals surface area contributed by atoms with Gasteiger partial charge in [0.05, 0.1) is 6.61 Å². The van der Waals surface area contributed by atoms with Crippen LogP contribution in [-0.4, -0.2) is 43.4 Å². The van der Waals surface area contributed by atoms with Crippen LogP contribution in [0.1, 0.15) is 6.92 Å². The average molecular weight is 302 g/mol. The molecule has 1 rings (SSSR count). The standard InChI is InChI=1S/C12H15FN2O4S/c1-3-8-15(9-11(16)19-4-2)20(17,18)12-10(13)6-5-7-14-12/h3,5-7H,1,4,8-9H2,2H3. The maximum Gasteiger partial charge on any atom is 0.321 e. The van der Waals surface area contributed by atoms with Gasteiger partial charge in [-0.25, -0.2) is 17.8 Å². The molecule has 0 spiro atoms. The summed E-state index contributed by atoms with van der Waals surface area (Å²) < 4.78 is 43.5. The Hall–Kier alpha value is -1.80. The smallest absolute Gasteiger partial charge is 0.321 e. The fraction of sp³-hybridized carbons (Fsp3) is 0.333. The quantitative estimate of drug-likeness (QED) is 0.554. The Labute approximate surface area is 116 Å². The predicted octanol–water partition coefficient (Wildman–Crippen LogP) is 0.960. The lowest BCUT2D eigenvalue weighted by atomic mass is 10.5. The van der Waals surface area contributed by atoms with Crippen LogP contribution in [0.25, 0.3) is 0 Å². The van der Waals surface area contributed by atoms with Gasteiger partial charge in [0.1, 0.15) is 6.54 Å². The Morgan fingerprint density at radius 2 is 2.30 bits per heavy atom. The van der Waals surface area contributed by atoms with E-state index < -0.39 is 33.4 Å². The number of halogens is 1. The van der Waals surface area contributed by atoms with Gasteiger partial charge in [0.15, 0.2) is 5.82 Å². The van der Waals surface area contributed by atoms with Crippen molar-refractivity contribution in [2.45, 2.75) is 11.9 Å². The third-order valence-electron chi connectivity index (χ3n) is 2.25. The first-order valence-corrected chi connectivity index (χ1v) is 7.24. The summed E-state index contributed by atoms with van der Waals surface area (Å²) in [4.78, 5) is 14.9. The van der Waals surface area contributed by atoms with Crippen LogP contribution in [0.4, 0.5) is 4.39 Å². The number of aromatic nitrogens is 1. The molecule has 1 aromatic rings. The lowest BCUT2D eigenvalue weighted by molar-refractivity contribution is -0.143. The van der Waals surface area contributed by atoms with Crippen molar-refractivity contribution in [2.24, 2.45) is 0 Å². The van der Waals surface area contributed by atoms with Crippen molar-refractivity contribution >= 4 is 16.0 Å². The van der Waals surface area contributed by atoms with Gasteiger partial charge in [-0.3, -0.25) is 4.79 Å². The molecule has 20 heavy (non-hydrogen) atoms. The van der Waals surface area contributed by atoms with Gasteiger partial charge in [0.2, 0.25) is 5.03 Å². The second-order valence-corrected chi connectivity index (χ2v) is 5.53. The highest BCUT2D eigenvalue weighted by molar-refractivity contribution is 7.89. The minimum absolute atomic E-state index is 0.124. The number of esters is 1. The molecule has 0 atom stereocenters. The largest absolute Gasteiger partial charge is 0.465 e. The second kappa shape index (κ2) is 7.11. The van der Waals surface area contributed by atoms with Gasteiger partial charge in [-0.1, -0.05) is 6.08 Å². The Bertz CT molecular complexity index is 589. The van der Waals surface area contributed by atoms with Crippen molar-refractivity contribution in [1.82, 2.24) is 9.29 Å². The molecule has 0 amide bonds. The molecule has 0 fully saturated rings. The molecule has 0 N–H and O–H groups in total. The van der Waals surface area contributed by atoms with Gasteiger partial charge in [0.25, 0.3) is 10.0 Å². The molecular weight excluding hydrogens is 287 g/mol. The van der Waals surface area contributed by atoms with E-state index in [1.165, 1.54) is 12.1 Å². The Balaban J connectivity index is 3.09. The average Bonchev–Trinajstić information content (AvgIpc) is 2.38. The third-order valence-corrected chi connectivity index (χ3v) is 4.00. The normalized spacial score (nSPS) is 11.3. The highest BCUT2D eigenvalue weighted by Gasteiger charge is 2.30. The minimum Gasteiger partial charge on any atom is -0.465 e. The molecule has 6 nitrogen and oxygen atoms in total. The highest BCUT2D eigenvalue weighted by Crippen LogP contribution is 2.16. The van der Waals surface area contributed by atoms with E-state index in [0.29, 0.717) is 0 Å². The summed E-state index contributed by atoms with van der Waals surface area (Å²) in [6, 6.07) is 2.26. The molecule has 0 unspecified atom stereocenters. The second-order valence-electron chi connectivity index (χ2n) is 3.68. The van der Waals surface area contributed by atoms with Crippen molar-refractivity contribution in [2.75, 3.05) is 19.7 Å². The lowest BCUT2D eigenvalue weighted by Crippen LogP contribution is -2.37. The summed E-state index contributed by atoms with van der Waals surface area (Å²) in [5.74, 6) is -1.71. The number of nitrogens with zero attached hydrogens (tertiary/aromatic N) is 2. The Morgan fingerprint density at radius 1 is 1.60 bits per heavy atom. The van der Waals surface area contributed by atoms with E-state index in [-0.39, 0.29) is 13.2 Å². The zero-order valence-electron chi connectivity index (χ0n) is 11.0. The van der Waals surface area contributed by atoms with Crippen LogP contribution in [0.2, 0.25) is 0 Å². The first-order chi connectivity index (χ1) is 9.43. The zero-order chi connectivity index (χ0) is 15.2. The number of hydrogen-bond donors (Lipinski definition) is 0. The number of carbonyl (C=O) groups is 1. The van der Waals surface area contributed by atoms with Crippen molar-refractivity contribution < 1.29 is 22.3 Å². The molecular formula is C12H15FN2O4S. The molecule has 0 aliphatic rings. The van der Waals surface area contributed by atoms with E-state index in [1.54, 1.807) is 6.92 Å². The molecule has 0 saturated heterocycles. The molecule has 0 aromatic carbocycles. The molecule has 1 heterocycles. The molecule has 8 heteroatoms. The van der Waals surface area contributed by atoms with Gasteiger partial charge >= 0.3 is 5.97 Å². The first-order valence-electron chi connectivity index (χ1n) is 5.80. The van der Waals surface area contributed by atoms with E-state index in [1.807, 2.05) is 0 Å². The molecule has 1 aromatic heterocycles. The number of hydrogen-bond acceptors (Lipinski definition) is 5. The van der Waals surface area contributed by atoms with Gasteiger partial charge in [-0.2, -0.15) is 4.31 Å². The molecule has 0 saturated carbocycles. The maximum absolute atomic E-state index is 13.6. The maximum atomic E-state index is 13.6. The van der Waals surface area contributed by atoms with Crippen LogP contribution in [0, 0.1) is 5.82 Å². The van der Waals surface area contributed by atoms with Crippen molar-refractivity contribution in [3.05, 3.63) is 36.8 Å². The van der Waals surface area contributed by atoms with E-state index in [4.69, 9.17) is 0 Å². The monoisotopic (exact) mass is 302 g/mol. The summed E-state index contributed by atoms with van der Waals surface area (Å²) in [7, 11) is -4.23. The third kappa shape index (κ3) is 3.84. The van der Waals surface area contributed by atoms with Gasteiger partial charge in [0, 0.05) is 12.7 Å². The number of ether oxygens (including phenoxy) is 1. The van der Waals surface area contributed by atoms with Crippen LogP contribution in [-0.2, 0) is 19.6 Å². The summed E-state index contributed by atoms with van der Waals surface area (Å²) in [6.07, 6.45) is 2.45. The van der Waals surface area contributed by atoms with Crippen LogP contribution >= 0.6 is 0 Å². The van der Waals surface area contributed by atoms with Crippen molar-refractivity contribution in [3.63, 3.8) is 0 Å². The SMILES string of the molecule is C=CCN(CC(=O)OCC)S(=O)(=O)c1ncccc1F. The molecule has 0 bridgehead atoms. The van der Waals surface area contributed by atoms with E-state index in [0.717, 1.165) is 16.6 Å². The zero-order valence-corrected chi connectivity index (χ0v) is 11.8. The number of carbonyl (C=O) groups excluding carboxylic acids is 1. The number of sulfonamides is 1. The van der Waals surface area contributed by atoms with Crippen molar-refractivity contribution in [1.29, 1.82) is 0 Å². The lowest BCUT2D eigenvalue weighted by Gasteiger charge is -2.19. The fourth-order valence-corrected chi connectivity index (χ4v) is 2.76. The summed E-state index contributed by atoms with van der Waals surface area (Å²) in [6.45, 7) is 4.45. The van der Waals surface area contributed by atoms with Gasteiger partial charge in [-0.05, 0) is 19.1 Å². The summed E-state index contributed by atoms with van der Waals surface area (Å²) >= 11 is 0. The topological polar surface area (TPSA) is 76.6 Å². The van der Waals surface area contributed by atoms with E-state index in [2.05, 4.69) is 16.3 Å². The summed E-state index contributed by atoms with van der Waals surface area (Å²) in [5, 5.41) is -0.730. The number of pyridine rings is 1. The molecule has 0 aliphatic heterocycles. The summed E-state index contributed by atoms with van der Waals surface area (Å²) in [5.41, 5.74) is 0. The van der Waals surface area contributed by atoms with Crippen LogP contribution in [0.3, 0.4) is 0 Å². The molecule has 110 valence electrons. The highest BCUT2D eigenvalue weighted by atomic mass is 32.2. The molecule has 0 aliphatic carbocycles. The number of rotatable bonds is 7. The van der Waals surface area contributed by atoms with Crippen LogP contribution < -0.4 is 0 Å². The van der Waals surface area contributed by atoms with Crippen LogP contribution in [0.5, 0.6) is 0 Å². The predicted molar refractivity (Wildman–Crippen MR) is 69.8 cm³/mol. The molecule has 0 radical (unpaired) electrons. The van der Waals surface area contributed by atoms with E-state index >= 15 is 0 Å². The van der Waals surface area contributed by atoms with E-state index in [9.17, 15) is 17.6 Å². The van der Waals surface area contributed by atoms with Crippen molar-refractivity contribution in [3.8, 4) is 0 Å². The van der Waals surface area contributed by atoms with Gasteiger partial charge < -0.3 is 4.74 Å².